The largest absolute Gasteiger partial charge is 0.459 e. The van der Waals surface area contributed by atoms with Gasteiger partial charge in [0.15, 0.2) is 21.9 Å². The number of ketones is 1. The number of hydrogen-bond acceptors (Lipinski definition) is 15. The Bertz CT molecular complexity index is 2230. The SMILES string of the molecule is CC[C@H]1OC(=O)[C@H](C)C(=O)[C@H](C)[C@@H](O[C@@H]2O[C@H](C)C[C@H](N(C)CCc3cn([C@H](CF)Cc4ccc(S(C)(=O)=O)cc4)nn3)[C@H]2O)[C@]2(C)CCC(O)(CO)CC[C@H]([C@@H](C)C(=NC(C)=O)[C@H](C)C2)[C@]1(C)O. The van der Waals surface area contributed by atoms with E-state index in [1.54, 1.807) is 39.1 Å². The second-order valence-electron chi connectivity index (χ2n) is 21.1. The maximum absolute atomic E-state index is 14.7. The second kappa shape index (κ2) is 22.9. The molecule has 1 saturated carbocycles. The van der Waals surface area contributed by atoms with E-state index in [1.165, 1.54) is 30.7 Å². The van der Waals surface area contributed by atoms with Gasteiger partial charge in [0, 0.05) is 55.9 Å². The van der Waals surface area contributed by atoms with E-state index in [1.807, 2.05) is 39.6 Å². The first-order valence-corrected chi connectivity index (χ1v) is 26.4. The van der Waals surface area contributed by atoms with Crippen LogP contribution in [0.1, 0.15) is 125 Å². The number of amides is 1. The van der Waals surface area contributed by atoms with Gasteiger partial charge in [0.05, 0.1) is 41.0 Å². The average molecular weight is 992 g/mol. The monoisotopic (exact) mass is 992 g/mol. The molecule has 2 bridgehead atoms. The van der Waals surface area contributed by atoms with Gasteiger partial charge in [-0.3, -0.25) is 14.4 Å². The fourth-order valence-electron chi connectivity index (χ4n) is 11.3. The molecule has 17 nitrogen and oxygen atoms in total. The summed E-state index contributed by atoms with van der Waals surface area (Å²) in [5.74, 6) is -5.77. The third kappa shape index (κ3) is 13.3. The Morgan fingerprint density at radius 1 is 1.07 bits per heavy atom. The minimum absolute atomic E-state index is 0.0549. The van der Waals surface area contributed by atoms with Crippen molar-refractivity contribution >= 4 is 33.2 Å². The van der Waals surface area contributed by atoms with E-state index in [0.717, 1.165) is 11.8 Å². The molecule has 1 aromatic heterocycles. The number of fused-ring (bicyclic) bond motifs is 5. The Labute approximate surface area is 407 Å². The molecular weight excluding hydrogens is 914 g/mol. The zero-order chi connectivity index (χ0) is 51.4. The average Bonchev–Trinajstić information content (AvgIpc) is 3.77. The first kappa shape index (κ1) is 56.4. The van der Waals surface area contributed by atoms with Crippen LogP contribution >= 0.6 is 0 Å². The molecule has 1 unspecified atom stereocenters. The highest BCUT2D eigenvalue weighted by Crippen LogP contribution is 2.48. The summed E-state index contributed by atoms with van der Waals surface area (Å²) >= 11 is 0. The van der Waals surface area contributed by atoms with Gasteiger partial charge in [0.1, 0.15) is 30.4 Å². The van der Waals surface area contributed by atoms with Gasteiger partial charge in [0.2, 0.25) is 5.91 Å². The Morgan fingerprint density at radius 3 is 2.33 bits per heavy atom. The van der Waals surface area contributed by atoms with Gasteiger partial charge in [-0.15, -0.1) is 5.10 Å². The van der Waals surface area contributed by atoms with Crippen LogP contribution < -0.4 is 0 Å². The lowest BCUT2D eigenvalue weighted by molar-refractivity contribution is -0.288. The third-order valence-electron chi connectivity index (χ3n) is 15.5. The van der Waals surface area contributed by atoms with Crippen molar-refractivity contribution in [2.45, 2.75) is 179 Å². The Kier molecular flexibility index (Phi) is 18.7. The highest BCUT2D eigenvalue weighted by molar-refractivity contribution is 7.90. The van der Waals surface area contributed by atoms with Gasteiger partial charge in [-0.05, 0) is 114 Å². The van der Waals surface area contributed by atoms with Gasteiger partial charge in [-0.2, -0.15) is 0 Å². The van der Waals surface area contributed by atoms with Crippen LogP contribution in [0.5, 0.6) is 0 Å². The number of benzene rings is 1. The second-order valence-corrected chi connectivity index (χ2v) is 23.1. The number of esters is 1. The molecule has 5 rings (SSSR count). The number of ether oxygens (including phenoxy) is 3. The summed E-state index contributed by atoms with van der Waals surface area (Å²) in [5, 5.41) is 56.0. The number of carbonyl (C=O) groups excluding carboxylic acids is 3. The van der Waals surface area contributed by atoms with Crippen molar-refractivity contribution in [2.75, 3.05) is 33.1 Å². The summed E-state index contributed by atoms with van der Waals surface area (Å²) in [6, 6.07) is 5.12. The Balaban J connectivity index is 1.46. The number of aliphatic imine (C=N–C) groups is 1. The number of sulfone groups is 1. The highest BCUT2D eigenvalue weighted by atomic mass is 32.2. The molecule has 19 heteroatoms. The van der Waals surface area contributed by atoms with Gasteiger partial charge >= 0.3 is 5.97 Å². The van der Waals surface area contributed by atoms with Gasteiger partial charge in [-0.1, -0.05) is 52.0 Å². The van der Waals surface area contributed by atoms with Crippen LogP contribution in [-0.4, -0.2) is 153 Å². The first-order valence-electron chi connectivity index (χ1n) is 24.5. The summed E-state index contributed by atoms with van der Waals surface area (Å²) in [7, 11) is -1.52. The van der Waals surface area contributed by atoms with Crippen molar-refractivity contribution in [2.24, 2.45) is 40.0 Å². The number of nitrogens with zero attached hydrogens (tertiary/aromatic N) is 5. The maximum atomic E-state index is 14.7. The van der Waals surface area contributed by atoms with Crippen molar-refractivity contribution in [1.82, 2.24) is 19.9 Å². The molecular formula is C50H78FN5O12S. The predicted octanol–water partition coefficient (Wildman–Crippen LogP) is 4.66. The molecule has 2 aliphatic heterocycles. The number of cyclic esters (lactones) is 1. The molecule has 1 aliphatic carbocycles. The Hall–Kier alpha value is -3.56. The van der Waals surface area contributed by atoms with Gasteiger partial charge in [0.25, 0.3) is 0 Å². The molecule has 3 aliphatic rings. The molecule has 69 heavy (non-hydrogen) atoms. The Morgan fingerprint density at radius 2 is 1.74 bits per heavy atom. The topological polar surface area (TPSA) is 240 Å². The van der Waals surface area contributed by atoms with E-state index in [0.29, 0.717) is 30.8 Å². The van der Waals surface area contributed by atoms with Crippen molar-refractivity contribution in [3.63, 3.8) is 0 Å². The van der Waals surface area contributed by atoms with E-state index >= 15 is 0 Å². The zero-order valence-corrected chi connectivity index (χ0v) is 43.2. The fourth-order valence-corrected chi connectivity index (χ4v) is 11.9. The van der Waals surface area contributed by atoms with Crippen molar-refractivity contribution in [3.8, 4) is 0 Å². The molecule has 4 N–H and O–H groups in total. The number of hydrogen-bond donors (Lipinski definition) is 4. The highest BCUT2D eigenvalue weighted by Gasteiger charge is 2.53. The van der Waals surface area contributed by atoms with Gasteiger partial charge in [-0.25, -0.2) is 22.5 Å². The molecule has 3 fully saturated rings. The first-order chi connectivity index (χ1) is 32.2. The van der Waals surface area contributed by atoms with Crippen LogP contribution in [0.4, 0.5) is 4.39 Å². The molecule has 1 aromatic carbocycles. The summed E-state index contributed by atoms with van der Waals surface area (Å²) in [4.78, 5) is 48.2. The van der Waals surface area contributed by atoms with Crippen molar-refractivity contribution in [3.05, 3.63) is 41.7 Å². The molecule has 0 radical (unpaired) electrons. The van der Waals surface area contributed by atoms with E-state index in [-0.39, 0.29) is 49.8 Å². The van der Waals surface area contributed by atoms with Crippen LogP contribution in [-0.2, 0) is 51.3 Å². The summed E-state index contributed by atoms with van der Waals surface area (Å²) in [6.45, 7) is 14.5. The smallest absolute Gasteiger partial charge is 0.316 e. The predicted molar refractivity (Wildman–Crippen MR) is 256 cm³/mol. The van der Waals surface area contributed by atoms with Crippen molar-refractivity contribution < 1.29 is 61.8 Å². The van der Waals surface area contributed by atoms with E-state index in [2.05, 4.69) is 15.3 Å². The van der Waals surface area contributed by atoms with Crippen LogP contribution in [0, 0.1) is 35.0 Å². The van der Waals surface area contributed by atoms with Crippen molar-refractivity contribution in [1.29, 1.82) is 0 Å². The lowest BCUT2D eigenvalue weighted by atomic mass is 9.65. The maximum Gasteiger partial charge on any atom is 0.316 e. The molecule has 2 aromatic rings. The quantitative estimate of drug-likeness (QED) is 0.158. The number of Topliss-reactive ketones (excluding diaryl/α,β-unsaturated/α-hetero) is 1. The molecule has 15 atom stereocenters. The molecule has 2 saturated heterocycles. The zero-order valence-electron chi connectivity index (χ0n) is 42.4. The number of aliphatic hydroxyl groups is 4. The summed E-state index contributed by atoms with van der Waals surface area (Å²) in [5.41, 5.74) is -2.54. The number of likely N-dealkylation sites (N-methyl/N-ethyl adjacent to an activating group) is 1. The standard InChI is InChI=1S/C50H78FN5O12S/c1-12-41-49(9,62)39-17-19-50(63,28-57)21-20-48(8,25-29(2)42(31(39)4)52-34(7)58)45(32(5)43(59)33(6)46(61)67-41)68-47-44(60)40(23-30(3)66-47)55(10)22-18-36-27-56(54-53-36)37(26-51)24-35-13-15-38(16-14-35)69(11,64)65/h13-16,27,29-33,37,39-41,44-45,47,57,60,62-63H,12,17-26,28H2,1-11H3/t29-,30-,31-,32+,33-,37+,39-,40+,41-,44-,45-,47+,48-,49+,50?/m1/s1. The number of aliphatic hydroxyl groups excluding tert-OH is 2. The number of alkyl halides is 1. The lowest BCUT2D eigenvalue weighted by Crippen LogP contribution is -2.58. The normalized spacial score (nSPS) is 36.6. The lowest BCUT2D eigenvalue weighted by Gasteiger charge is -2.48. The minimum Gasteiger partial charge on any atom is -0.459 e. The van der Waals surface area contributed by atoms with Crippen LogP contribution in [0.25, 0.3) is 0 Å². The number of carbonyl (C=O) groups is 3. The molecule has 3 heterocycles. The van der Waals surface area contributed by atoms with E-state index < -0.39 is 130 Å². The summed E-state index contributed by atoms with van der Waals surface area (Å²) < 4.78 is 59.0. The fraction of sp³-hybridized carbons (Fsp3) is 0.760. The molecule has 1 amide bonds. The molecule has 388 valence electrons. The van der Waals surface area contributed by atoms with Crippen LogP contribution in [0.15, 0.2) is 40.4 Å². The van der Waals surface area contributed by atoms with E-state index in [9.17, 15) is 47.6 Å². The van der Waals surface area contributed by atoms with Gasteiger partial charge < -0.3 is 39.5 Å². The minimum atomic E-state index is -3.38. The number of halogens is 1. The van der Waals surface area contributed by atoms with E-state index in [4.69, 9.17) is 14.2 Å². The molecule has 0 spiro atoms. The summed E-state index contributed by atoms with van der Waals surface area (Å²) in [6.07, 6.45) is -0.223. The van der Waals surface area contributed by atoms with Crippen LogP contribution in [0.2, 0.25) is 0 Å². The number of aromatic nitrogens is 3. The number of rotatable bonds is 13. The third-order valence-corrected chi connectivity index (χ3v) is 16.7. The van der Waals surface area contributed by atoms with Crippen LogP contribution in [0.3, 0.4) is 0 Å².